The van der Waals surface area contributed by atoms with E-state index in [0.29, 0.717) is 34.9 Å². The Hall–Kier alpha value is -4.13. The number of hydrogen-bond donors (Lipinski definition) is 1. The van der Waals surface area contributed by atoms with Gasteiger partial charge in [0.25, 0.3) is 5.91 Å². The summed E-state index contributed by atoms with van der Waals surface area (Å²) in [7, 11) is 0. The first-order chi connectivity index (χ1) is 16.0. The molecule has 33 heavy (non-hydrogen) atoms. The second-order valence-corrected chi connectivity index (χ2v) is 7.13. The molecule has 0 unspecified atom stereocenters. The Morgan fingerprint density at radius 3 is 1.94 bits per heavy atom. The van der Waals surface area contributed by atoms with Crippen molar-refractivity contribution in [2.24, 2.45) is 0 Å². The van der Waals surface area contributed by atoms with Crippen LogP contribution in [0.5, 0.6) is 11.5 Å². The highest BCUT2D eigenvalue weighted by Crippen LogP contribution is 2.21. The lowest BCUT2D eigenvalue weighted by Crippen LogP contribution is -2.21. The van der Waals surface area contributed by atoms with E-state index >= 15 is 0 Å². The fourth-order valence-corrected chi connectivity index (χ4v) is 2.78. The molecule has 0 bridgehead atoms. The third kappa shape index (κ3) is 7.50. The van der Waals surface area contributed by atoms with Gasteiger partial charge >= 0.3 is 11.9 Å². The van der Waals surface area contributed by atoms with E-state index in [1.165, 1.54) is 0 Å². The Balaban J connectivity index is 1.44. The Kier molecular flexibility index (Phi) is 8.59. The topological polar surface area (TPSA) is 90.9 Å². The number of unbranched alkanes of at least 4 members (excludes halogenated alkanes) is 1. The van der Waals surface area contributed by atoms with Crippen LogP contribution in [0.3, 0.4) is 0 Å². The van der Waals surface area contributed by atoms with Crippen LogP contribution in [0.1, 0.15) is 40.5 Å². The first kappa shape index (κ1) is 23.5. The van der Waals surface area contributed by atoms with E-state index in [9.17, 15) is 14.4 Å². The van der Waals surface area contributed by atoms with Gasteiger partial charge in [-0.2, -0.15) is 0 Å². The van der Waals surface area contributed by atoms with Crippen molar-refractivity contribution in [1.82, 2.24) is 0 Å². The quantitative estimate of drug-likeness (QED) is 0.338. The summed E-state index contributed by atoms with van der Waals surface area (Å²) < 4.78 is 15.9. The summed E-state index contributed by atoms with van der Waals surface area (Å²) in [4.78, 5) is 36.2. The standard InChI is InChI=1S/C26H25NO6/c1-2-3-17-31-25(29)19-9-13-21(14-10-19)27-24(28)18-32-26(30)20-11-15-23(16-12-20)33-22-7-5-4-6-8-22/h4-16H,2-3,17-18H2,1H3,(H,27,28). The van der Waals surface area contributed by atoms with Crippen molar-refractivity contribution < 1.29 is 28.6 Å². The minimum Gasteiger partial charge on any atom is -0.462 e. The summed E-state index contributed by atoms with van der Waals surface area (Å²) >= 11 is 0. The summed E-state index contributed by atoms with van der Waals surface area (Å²) in [6.07, 6.45) is 1.75. The van der Waals surface area contributed by atoms with Crippen LogP contribution in [0, 0.1) is 0 Å². The summed E-state index contributed by atoms with van der Waals surface area (Å²) in [5, 5.41) is 2.62. The van der Waals surface area contributed by atoms with E-state index in [-0.39, 0.29) is 0 Å². The lowest BCUT2D eigenvalue weighted by molar-refractivity contribution is -0.119. The molecular weight excluding hydrogens is 422 g/mol. The number of carbonyl (C=O) groups is 3. The van der Waals surface area contributed by atoms with Gasteiger partial charge < -0.3 is 19.5 Å². The zero-order valence-corrected chi connectivity index (χ0v) is 18.3. The molecular formula is C26H25NO6. The number of hydrogen-bond acceptors (Lipinski definition) is 6. The van der Waals surface area contributed by atoms with Crippen molar-refractivity contribution in [1.29, 1.82) is 0 Å². The first-order valence-electron chi connectivity index (χ1n) is 10.6. The van der Waals surface area contributed by atoms with E-state index in [0.717, 1.165) is 12.8 Å². The zero-order valence-electron chi connectivity index (χ0n) is 18.3. The number of rotatable bonds is 10. The predicted octanol–water partition coefficient (Wildman–Crippen LogP) is 5.23. The molecule has 0 atom stereocenters. The average Bonchev–Trinajstić information content (AvgIpc) is 2.84. The molecule has 3 aromatic carbocycles. The largest absolute Gasteiger partial charge is 0.462 e. The first-order valence-corrected chi connectivity index (χ1v) is 10.6. The maximum absolute atomic E-state index is 12.2. The van der Waals surface area contributed by atoms with Gasteiger partial charge in [-0.15, -0.1) is 0 Å². The maximum atomic E-state index is 12.2. The van der Waals surface area contributed by atoms with Crippen molar-refractivity contribution in [3.8, 4) is 11.5 Å². The Morgan fingerprint density at radius 2 is 1.30 bits per heavy atom. The molecule has 0 aromatic heterocycles. The van der Waals surface area contributed by atoms with Crippen LogP contribution < -0.4 is 10.1 Å². The lowest BCUT2D eigenvalue weighted by atomic mass is 10.2. The van der Waals surface area contributed by atoms with Gasteiger partial charge in [0.05, 0.1) is 17.7 Å². The predicted molar refractivity (Wildman–Crippen MR) is 124 cm³/mol. The number of para-hydroxylation sites is 1. The minimum absolute atomic E-state index is 0.300. The van der Waals surface area contributed by atoms with E-state index in [1.54, 1.807) is 48.5 Å². The van der Waals surface area contributed by atoms with Crippen LogP contribution in [0.15, 0.2) is 78.9 Å². The molecule has 0 fully saturated rings. The van der Waals surface area contributed by atoms with E-state index in [1.807, 2.05) is 37.3 Å². The van der Waals surface area contributed by atoms with Gasteiger partial charge in [-0.3, -0.25) is 4.79 Å². The van der Waals surface area contributed by atoms with Gasteiger partial charge in [-0.1, -0.05) is 31.5 Å². The number of amides is 1. The molecule has 0 radical (unpaired) electrons. The van der Waals surface area contributed by atoms with Crippen LogP contribution >= 0.6 is 0 Å². The summed E-state index contributed by atoms with van der Waals surface area (Å²) in [6.45, 7) is 1.95. The van der Waals surface area contributed by atoms with Crippen LogP contribution in [0.2, 0.25) is 0 Å². The van der Waals surface area contributed by atoms with E-state index in [2.05, 4.69) is 5.32 Å². The highest BCUT2D eigenvalue weighted by atomic mass is 16.5. The van der Waals surface area contributed by atoms with E-state index in [4.69, 9.17) is 14.2 Å². The molecule has 0 aliphatic heterocycles. The van der Waals surface area contributed by atoms with Crippen molar-refractivity contribution in [2.75, 3.05) is 18.5 Å². The minimum atomic E-state index is -0.624. The lowest BCUT2D eigenvalue weighted by Gasteiger charge is -2.09. The number of anilines is 1. The molecule has 0 saturated carbocycles. The smallest absolute Gasteiger partial charge is 0.338 e. The maximum Gasteiger partial charge on any atom is 0.338 e. The molecule has 0 spiro atoms. The molecule has 0 heterocycles. The van der Waals surface area contributed by atoms with Gasteiger partial charge in [0.1, 0.15) is 11.5 Å². The van der Waals surface area contributed by atoms with Crippen molar-refractivity contribution >= 4 is 23.5 Å². The fourth-order valence-electron chi connectivity index (χ4n) is 2.78. The number of carbonyl (C=O) groups excluding carboxylic acids is 3. The summed E-state index contributed by atoms with van der Waals surface area (Å²) in [6, 6.07) is 22.0. The van der Waals surface area contributed by atoms with Crippen molar-refractivity contribution in [2.45, 2.75) is 19.8 Å². The molecule has 170 valence electrons. The van der Waals surface area contributed by atoms with Crippen molar-refractivity contribution in [3.05, 3.63) is 90.0 Å². The molecule has 3 aromatic rings. The van der Waals surface area contributed by atoms with Crippen LogP contribution in [0.25, 0.3) is 0 Å². The van der Waals surface area contributed by atoms with E-state index < -0.39 is 24.5 Å². The third-order valence-corrected chi connectivity index (χ3v) is 4.54. The van der Waals surface area contributed by atoms with Gasteiger partial charge in [0.2, 0.25) is 0 Å². The molecule has 0 saturated heterocycles. The third-order valence-electron chi connectivity index (χ3n) is 4.54. The Labute approximate surface area is 192 Å². The van der Waals surface area contributed by atoms with Gasteiger partial charge in [0.15, 0.2) is 6.61 Å². The zero-order chi connectivity index (χ0) is 23.5. The average molecular weight is 447 g/mol. The number of ether oxygens (including phenoxy) is 3. The molecule has 3 rings (SSSR count). The molecule has 0 aliphatic rings. The Morgan fingerprint density at radius 1 is 0.727 bits per heavy atom. The number of nitrogens with one attached hydrogen (secondary N) is 1. The molecule has 1 amide bonds. The summed E-state index contributed by atoms with van der Waals surface area (Å²) in [5.41, 5.74) is 1.17. The highest BCUT2D eigenvalue weighted by molar-refractivity contribution is 5.96. The van der Waals surface area contributed by atoms with Gasteiger partial charge in [-0.05, 0) is 67.1 Å². The Bertz CT molecular complexity index is 1060. The van der Waals surface area contributed by atoms with Crippen molar-refractivity contribution in [3.63, 3.8) is 0 Å². The highest BCUT2D eigenvalue weighted by Gasteiger charge is 2.12. The van der Waals surface area contributed by atoms with Crippen LogP contribution in [-0.4, -0.2) is 31.1 Å². The molecule has 1 N–H and O–H groups in total. The molecule has 7 nitrogen and oxygen atoms in total. The second-order valence-electron chi connectivity index (χ2n) is 7.13. The molecule has 0 aliphatic carbocycles. The fraction of sp³-hybridized carbons (Fsp3) is 0.192. The summed E-state index contributed by atoms with van der Waals surface area (Å²) in [5.74, 6) is -0.262. The second kappa shape index (κ2) is 12.0. The monoisotopic (exact) mass is 447 g/mol. The SMILES string of the molecule is CCCCOC(=O)c1ccc(NC(=O)COC(=O)c2ccc(Oc3ccccc3)cc2)cc1. The normalized spacial score (nSPS) is 10.2. The van der Waals surface area contributed by atoms with Gasteiger partial charge in [-0.25, -0.2) is 9.59 Å². The van der Waals surface area contributed by atoms with Crippen LogP contribution in [0.4, 0.5) is 5.69 Å². The van der Waals surface area contributed by atoms with Crippen LogP contribution in [-0.2, 0) is 14.3 Å². The van der Waals surface area contributed by atoms with Gasteiger partial charge in [0, 0.05) is 5.69 Å². The molecule has 7 heteroatoms. The number of esters is 2. The number of benzene rings is 3.